The van der Waals surface area contributed by atoms with Crippen LogP contribution in [0.25, 0.3) is 0 Å². The van der Waals surface area contributed by atoms with Crippen LogP contribution in [0.1, 0.15) is 43.6 Å². The second kappa shape index (κ2) is 6.58. The third-order valence-electron chi connectivity index (χ3n) is 4.43. The summed E-state index contributed by atoms with van der Waals surface area (Å²) in [4.78, 5) is 15.9. The number of rotatable bonds is 4. The van der Waals surface area contributed by atoms with Crippen LogP contribution in [-0.4, -0.2) is 52.1 Å². The SMILES string of the molecule is CC(C)N1C[C@@H](C)N(Cc2ccc(C(=O)O)cc2)[C@@H](C)C1. The number of carboxylic acid groups (broad SMARTS) is 1. The standard InChI is InChI=1S/C17H26N2O2/c1-12(2)18-9-13(3)19(14(4)10-18)11-15-5-7-16(8-6-15)17(20)21/h5-8,12-14H,9-11H2,1-4H3,(H,20,21)/t13-,14+. The average Bonchev–Trinajstić information content (AvgIpc) is 2.43. The molecule has 0 saturated carbocycles. The van der Waals surface area contributed by atoms with E-state index < -0.39 is 5.97 Å². The summed E-state index contributed by atoms with van der Waals surface area (Å²) in [5, 5.41) is 8.95. The molecule has 2 rings (SSSR count). The number of carboxylic acids is 1. The molecular formula is C17H26N2O2. The maximum Gasteiger partial charge on any atom is 0.335 e. The number of piperazine rings is 1. The normalized spacial score (nSPS) is 24.4. The summed E-state index contributed by atoms with van der Waals surface area (Å²) in [7, 11) is 0. The molecule has 0 radical (unpaired) electrons. The monoisotopic (exact) mass is 290 g/mol. The number of carbonyl (C=O) groups is 1. The highest BCUT2D eigenvalue weighted by atomic mass is 16.4. The Morgan fingerprint density at radius 2 is 1.71 bits per heavy atom. The van der Waals surface area contributed by atoms with Gasteiger partial charge in [0.15, 0.2) is 0 Å². The molecule has 21 heavy (non-hydrogen) atoms. The maximum absolute atomic E-state index is 10.9. The van der Waals surface area contributed by atoms with Gasteiger partial charge in [-0.2, -0.15) is 0 Å². The summed E-state index contributed by atoms with van der Waals surface area (Å²) in [6, 6.07) is 8.85. The minimum Gasteiger partial charge on any atom is -0.478 e. The molecule has 1 aliphatic heterocycles. The maximum atomic E-state index is 10.9. The fourth-order valence-corrected chi connectivity index (χ4v) is 3.09. The Bertz CT molecular complexity index is 472. The van der Waals surface area contributed by atoms with Crippen molar-refractivity contribution in [2.45, 2.75) is 52.4 Å². The number of aromatic carboxylic acids is 1. The van der Waals surface area contributed by atoms with E-state index in [0.29, 0.717) is 23.7 Å². The molecule has 1 aromatic rings. The molecule has 1 heterocycles. The Hall–Kier alpha value is -1.39. The molecule has 0 bridgehead atoms. The molecular weight excluding hydrogens is 264 g/mol. The predicted octanol–water partition coefficient (Wildman–Crippen LogP) is 2.69. The number of hydrogen-bond donors (Lipinski definition) is 1. The van der Waals surface area contributed by atoms with Gasteiger partial charge in [0, 0.05) is 37.8 Å². The highest BCUT2D eigenvalue weighted by molar-refractivity contribution is 5.87. The molecule has 0 aromatic heterocycles. The van der Waals surface area contributed by atoms with Crippen LogP contribution in [-0.2, 0) is 6.54 Å². The Kier molecular flexibility index (Phi) is 5.01. The molecule has 4 nitrogen and oxygen atoms in total. The van der Waals surface area contributed by atoms with Crippen LogP contribution in [0.15, 0.2) is 24.3 Å². The predicted molar refractivity (Wildman–Crippen MR) is 84.6 cm³/mol. The molecule has 116 valence electrons. The van der Waals surface area contributed by atoms with Crippen molar-refractivity contribution < 1.29 is 9.90 Å². The van der Waals surface area contributed by atoms with Crippen LogP contribution in [0, 0.1) is 0 Å². The van der Waals surface area contributed by atoms with Gasteiger partial charge in [-0.05, 0) is 45.4 Å². The summed E-state index contributed by atoms with van der Waals surface area (Å²) >= 11 is 0. The lowest BCUT2D eigenvalue weighted by Crippen LogP contribution is -2.57. The molecule has 0 amide bonds. The van der Waals surface area contributed by atoms with Crippen LogP contribution in [0.4, 0.5) is 0 Å². The van der Waals surface area contributed by atoms with Crippen LogP contribution >= 0.6 is 0 Å². The lowest BCUT2D eigenvalue weighted by atomic mass is 10.0. The number of hydrogen-bond acceptors (Lipinski definition) is 3. The van der Waals surface area contributed by atoms with Crippen molar-refractivity contribution in [2.75, 3.05) is 13.1 Å². The number of nitrogens with zero attached hydrogens (tertiary/aromatic N) is 2. The Morgan fingerprint density at radius 1 is 1.19 bits per heavy atom. The lowest BCUT2D eigenvalue weighted by molar-refractivity contribution is 0.0183. The van der Waals surface area contributed by atoms with Gasteiger partial charge >= 0.3 is 5.97 Å². The average molecular weight is 290 g/mol. The van der Waals surface area contributed by atoms with Crippen LogP contribution in [0.3, 0.4) is 0 Å². The van der Waals surface area contributed by atoms with Gasteiger partial charge in [0.25, 0.3) is 0 Å². The van der Waals surface area contributed by atoms with Crippen molar-refractivity contribution >= 4 is 5.97 Å². The van der Waals surface area contributed by atoms with Crippen LogP contribution in [0.5, 0.6) is 0 Å². The van der Waals surface area contributed by atoms with Crippen molar-refractivity contribution in [3.05, 3.63) is 35.4 Å². The van der Waals surface area contributed by atoms with Gasteiger partial charge < -0.3 is 5.11 Å². The van der Waals surface area contributed by atoms with Crippen molar-refractivity contribution in [1.82, 2.24) is 9.80 Å². The molecule has 2 atom stereocenters. The van der Waals surface area contributed by atoms with Gasteiger partial charge in [0.1, 0.15) is 0 Å². The zero-order chi connectivity index (χ0) is 15.6. The molecule has 0 aliphatic carbocycles. The molecule has 0 spiro atoms. The first-order valence-corrected chi connectivity index (χ1v) is 7.70. The van der Waals surface area contributed by atoms with E-state index in [2.05, 4.69) is 37.5 Å². The van der Waals surface area contributed by atoms with Crippen molar-refractivity contribution in [3.63, 3.8) is 0 Å². The fraction of sp³-hybridized carbons (Fsp3) is 0.588. The van der Waals surface area contributed by atoms with Crippen molar-refractivity contribution in [3.8, 4) is 0 Å². The van der Waals surface area contributed by atoms with E-state index in [1.165, 1.54) is 5.56 Å². The summed E-state index contributed by atoms with van der Waals surface area (Å²) < 4.78 is 0. The smallest absolute Gasteiger partial charge is 0.335 e. The van der Waals surface area contributed by atoms with Gasteiger partial charge in [0.2, 0.25) is 0 Å². The van der Waals surface area contributed by atoms with E-state index in [1.807, 2.05) is 12.1 Å². The van der Waals surface area contributed by atoms with Crippen molar-refractivity contribution in [2.24, 2.45) is 0 Å². The van der Waals surface area contributed by atoms with Crippen LogP contribution in [0.2, 0.25) is 0 Å². The quantitative estimate of drug-likeness (QED) is 0.926. The third kappa shape index (κ3) is 3.83. The first kappa shape index (κ1) is 16.0. The van der Waals surface area contributed by atoms with Crippen LogP contribution < -0.4 is 0 Å². The molecule has 4 heteroatoms. The topological polar surface area (TPSA) is 43.8 Å². The molecule has 1 N–H and O–H groups in total. The van der Waals surface area contributed by atoms with Crippen molar-refractivity contribution in [1.29, 1.82) is 0 Å². The van der Waals surface area contributed by atoms with E-state index in [0.717, 1.165) is 19.6 Å². The molecule has 1 aromatic carbocycles. The molecule has 1 saturated heterocycles. The first-order valence-electron chi connectivity index (χ1n) is 7.70. The minimum absolute atomic E-state index is 0.351. The second-order valence-corrected chi connectivity index (χ2v) is 6.42. The zero-order valence-electron chi connectivity index (χ0n) is 13.4. The molecule has 1 aliphatic rings. The summed E-state index contributed by atoms with van der Waals surface area (Å²) in [5.74, 6) is -0.867. The largest absolute Gasteiger partial charge is 0.478 e. The number of benzene rings is 1. The molecule has 0 unspecified atom stereocenters. The Balaban J connectivity index is 2.03. The van der Waals surface area contributed by atoms with Gasteiger partial charge in [0.05, 0.1) is 5.56 Å². The van der Waals surface area contributed by atoms with Gasteiger partial charge in [-0.25, -0.2) is 4.79 Å². The Labute approximate surface area is 127 Å². The highest BCUT2D eigenvalue weighted by Crippen LogP contribution is 2.20. The van der Waals surface area contributed by atoms with Gasteiger partial charge in [-0.3, -0.25) is 9.80 Å². The second-order valence-electron chi connectivity index (χ2n) is 6.42. The van der Waals surface area contributed by atoms with E-state index in [-0.39, 0.29) is 0 Å². The summed E-state index contributed by atoms with van der Waals surface area (Å²) in [6.07, 6.45) is 0. The van der Waals surface area contributed by atoms with E-state index in [9.17, 15) is 4.79 Å². The first-order chi connectivity index (χ1) is 9.88. The lowest BCUT2D eigenvalue weighted by Gasteiger charge is -2.46. The van der Waals surface area contributed by atoms with Gasteiger partial charge in [-0.15, -0.1) is 0 Å². The van der Waals surface area contributed by atoms with E-state index in [4.69, 9.17) is 5.11 Å². The molecule has 1 fully saturated rings. The summed E-state index contributed by atoms with van der Waals surface area (Å²) in [6.45, 7) is 12.1. The highest BCUT2D eigenvalue weighted by Gasteiger charge is 2.30. The zero-order valence-corrected chi connectivity index (χ0v) is 13.4. The summed E-state index contributed by atoms with van der Waals surface area (Å²) in [5.41, 5.74) is 1.53. The Morgan fingerprint density at radius 3 is 2.14 bits per heavy atom. The third-order valence-corrected chi connectivity index (χ3v) is 4.43. The van der Waals surface area contributed by atoms with E-state index in [1.54, 1.807) is 12.1 Å². The fourth-order valence-electron chi connectivity index (χ4n) is 3.09. The minimum atomic E-state index is -0.867. The van der Waals surface area contributed by atoms with Gasteiger partial charge in [-0.1, -0.05) is 12.1 Å². The van der Waals surface area contributed by atoms with E-state index >= 15 is 0 Å².